The van der Waals surface area contributed by atoms with Crippen LogP contribution < -0.4 is 5.32 Å². The number of nitrogens with one attached hydrogen (secondary N) is 1. The quantitative estimate of drug-likeness (QED) is 0.797. The van der Waals surface area contributed by atoms with E-state index >= 15 is 0 Å². The van der Waals surface area contributed by atoms with Crippen LogP contribution in [0.4, 0.5) is 5.69 Å². The zero-order valence-electron chi connectivity index (χ0n) is 11.6. The SMILES string of the molecule is CC(C)CC(C)CC(=O)c1ccc2c(c1)CCN2. The topological polar surface area (TPSA) is 29.1 Å². The Morgan fingerprint density at radius 2 is 2.11 bits per heavy atom. The minimum absolute atomic E-state index is 0.290. The summed E-state index contributed by atoms with van der Waals surface area (Å²) < 4.78 is 0. The fourth-order valence-corrected chi connectivity index (χ4v) is 2.80. The molecule has 2 nitrogen and oxygen atoms in total. The van der Waals surface area contributed by atoms with Gasteiger partial charge in [-0.25, -0.2) is 0 Å². The fourth-order valence-electron chi connectivity index (χ4n) is 2.80. The molecule has 1 aliphatic heterocycles. The Morgan fingerprint density at radius 1 is 1.33 bits per heavy atom. The second-order valence-corrected chi connectivity index (χ2v) is 5.91. The minimum Gasteiger partial charge on any atom is -0.384 e. The van der Waals surface area contributed by atoms with Crippen molar-refractivity contribution in [3.63, 3.8) is 0 Å². The number of fused-ring (bicyclic) bond motifs is 1. The van der Waals surface area contributed by atoms with Crippen LogP contribution in [-0.2, 0) is 6.42 Å². The summed E-state index contributed by atoms with van der Waals surface area (Å²) in [5.41, 5.74) is 3.37. The van der Waals surface area contributed by atoms with Gasteiger partial charge < -0.3 is 5.32 Å². The Labute approximate surface area is 110 Å². The predicted molar refractivity (Wildman–Crippen MR) is 76.2 cm³/mol. The normalized spacial score (nSPS) is 15.3. The van der Waals surface area contributed by atoms with Crippen LogP contribution in [-0.4, -0.2) is 12.3 Å². The lowest BCUT2D eigenvalue weighted by molar-refractivity contribution is 0.0960. The van der Waals surface area contributed by atoms with Gasteiger partial charge in [-0.3, -0.25) is 4.79 Å². The lowest BCUT2D eigenvalue weighted by atomic mass is 9.91. The third-order valence-electron chi connectivity index (χ3n) is 3.54. The van der Waals surface area contributed by atoms with Gasteiger partial charge in [0.15, 0.2) is 5.78 Å². The van der Waals surface area contributed by atoms with Gasteiger partial charge in [0.05, 0.1) is 0 Å². The van der Waals surface area contributed by atoms with Crippen LogP contribution in [0.25, 0.3) is 0 Å². The molecule has 2 rings (SSSR count). The molecule has 0 saturated heterocycles. The second kappa shape index (κ2) is 5.55. The van der Waals surface area contributed by atoms with Crippen molar-refractivity contribution in [3.8, 4) is 0 Å². The minimum atomic E-state index is 0.290. The maximum atomic E-state index is 12.2. The Morgan fingerprint density at radius 3 is 2.83 bits per heavy atom. The summed E-state index contributed by atoms with van der Waals surface area (Å²) in [7, 11) is 0. The van der Waals surface area contributed by atoms with Crippen LogP contribution in [0.15, 0.2) is 18.2 Å². The van der Waals surface area contributed by atoms with E-state index in [1.807, 2.05) is 12.1 Å². The number of carbonyl (C=O) groups is 1. The highest BCUT2D eigenvalue weighted by molar-refractivity contribution is 5.97. The van der Waals surface area contributed by atoms with Crippen molar-refractivity contribution in [2.75, 3.05) is 11.9 Å². The molecule has 0 aromatic heterocycles. The number of carbonyl (C=O) groups excluding carboxylic acids is 1. The fraction of sp³-hybridized carbons (Fsp3) is 0.562. The first-order valence-electron chi connectivity index (χ1n) is 6.96. The summed E-state index contributed by atoms with van der Waals surface area (Å²) in [6.07, 6.45) is 2.83. The van der Waals surface area contributed by atoms with Gasteiger partial charge in [-0.1, -0.05) is 20.8 Å². The molecule has 0 radical (unpaired) electrons. The molecule has 1 heterocycles. The van der Waals surface area contributed by atoms with Gasteiger partial charge in [-0.05, 0) is 48.4 Å². The van der Waals surface area contributed by atoms with Gasteiger partial charge in [0.1, 0.15) is 0 Å². The summed E-state index contributed by atoms with van der Waals surface area (Å²) in [5.74, 6) is 1.43. The van der Waals surface area contributed by atoms with E-state index < -0.39 is 0 Å². The van der Waals surface area contributed by atoms with Crippen molar-refractivity contribution in [1.29, 1.82) is 0 Å². The molecule has 1 aliphatic rings. The molecule has 0 spiro atoms. The number of hydrogen-bond donors (Lipinski definition) is 1. The summed E-state index contributed by atoms with van der Waals surface area (Å²) in [5, 5.41) is 3.32. The molecule has 0 saturated carbocycles. The van der Waals surface area contributed by atoms with Gasteiger partial charge in [-0.15, -0.1) is 0 Å². The first-order valence-corrected chi connectivity index (χ1v) is 6.96. The summed E-state index contributed by atoms with van der Waals surface area (Å²) >= 11 is 0. The van der Waals surface area contributed by atoms with Crippen LogP contribution >= 0.6 is 0 Å². The Kier molecular flexibility index (Phi) is 4.05. The molecule has 1 aromatic carbocycles. The molecule has 0 fully saturated rings. The zero-order chi connectivity index (χ0) is 13.1. The van der Waals surface area contributed by atoms with E-state index in [1.54, 1.807) is 0 Å². The Bertz CT molecular complexity index is 437. The molecule has 0 aliphatic carbocycles. The van der Waals surface area contributed by atoms with Crippen molar-refractivity contribution in [2.45, 2.75) is 40.0 Å². The van der Waals surface area contributed by atoms with Gasteiger partial charge in [-0.2, -0.15) is 0 Å². The second-order valence-electron chi connectivity index (χ2n) is 5.91. The molecule has 1 N–H and O–H groups in total. The lowest BCUT2D eigenvalue weighted by Crippen LogP contribution is -2.08. The van der Waals surface area contributed by atoms with E-state index in [-0.39, 0.29) is 5.78 Å². The summed E-state index contributed by atoms with van der Waals surface area (Å²) in [6.45, 7) is 7.59. The molecular weight excluding hydrogens is 222 g/mol. The van der Waals surface area contributed by atoms with Crippen LogP contribution in [0.2, 0.25) is 0 Å². The van der Waals surface area contributed by atoms with E-state index in [0.717, 1.165) is 24.9 Å². The number of benzene rings is 1. The van der Waals surface area contributed by atoms with E-state index in [2.05, 4.69) is 32.2 Å². The molecule has 1 aromatic rings. The molecule has 18 heavy (non-hydrogen) atoms. The number of rotatable bonds is 5. The molecule has 1 atom stereocenters. The summed E-state index contributed by atoms with van der Waals surface area (Å²) in [6, 6.07) is 6.07. The number of ketones is 1. The standard InChI is InChI=1S/C16H23NO/c1-11(2)8-12(3)9-16(18)14-4-5-15-13(10-14)6-7-17-15/h4-5,10-12,17H,6-9H2,1-3H3. The smallest absolute Gasteiger partial charge is 0.163 e. The van der Waals surface area contributed by atoms with Crippen LogP contribution in [0.3, 0.4) is 0 Å². The lowest BCUT2D eigenvalue weighted by Gasteiger charge is -2.13. The monoisotopic (exact) mass is 245 g/mol. The molecule has 0 amide bonds. The van der Waals surface area contributed by atoms with Crippen LogP contribution in [0.5, 0.6) is 0 Å². The molecule has 98 valence electrons. The van der Waals surface area contributed by atoms with Crippen molar-refractivity contribution >= 4 is 11.5 Å². The van der Waals surface area contributed by atoms with Gasteiger partial charge in [0.25, 0.3) is 0 Å². The van der Waals surface area contributed by atoms with Gasteiger partial charge >= 0.3 is 0 Å². The largest absolute Gasteiger partial charge is 0.384 e. The number of Topliss-reactive ketones (excluding diaryl/α,β-unsaturated/α-hetero) is 1. The molecular formula is C16H23NO. The van der Waals surface area contributed by atoms with Crippen molar-refractivity contribution in [1.82, 2.24) is 0 Å². The Balaban J connectivity index is 2.01. The summed E-state index contributed by atoms with van der Waals surface area (Å²) in [4.78, 5) is 12.2. The predicted octanol–water partition coefficient (Wildman–Crippen LogP) is 3.91. The van der Waals surface area contributed by atoms with E-state index in [1.165, 1.54) is 11.3 Å². The molecule has 0 bridgehead atoms. The van der Waals surface area contributed by atoms with Crippen molar-refractivity contribution in [2.24, 2.45) is 11.8 Å². The highest BCUT2D eigenvalue weighted by atomic mass is 16.1. The van der Waals surface area contributed by atoms with Crippen molar-refractivity contribution < 1.29 is 4.79 Å². The van der Waals surface area contributed by atoms with E-state index in [0.29, 0.717) is 18.3 Å². The van der Waals surface area contributed by atoms with Gasteiger partial charge in [0.2, 0.25) is 0 Å². The average Bonchev–Trinajstić information content (AvgIpc) is 2.74. The first kappa shape index (κ1) is 13.1. The number of anilines is 1. The maximum absolute atomic E-state index is 12.2. The first-order chi connectivity index (χ1) is 8.56. The maximum Gasteiger partial charge on any atom is 0.163 e. The zero-order valence-corrected chi connectivity index (χ0v) is 11.6. The van der Waals surface area contributed by atoms with Crippen LogP contribution in [0.1, 0.15) is 49.5 Å². The number of hydrogen-bond acceptors (Lipinski definition) is 2. The van der Waals surface area contributed by atoms with Gasteiger partial charge in [0, 0.05) is 24.2 Å². The highest BCUT2D eigenvalue weighted by Gasteiger charge is 2.16. The third kappa shape index (κ3) is 3.12. The van der Waals surface area contributed by atoms with E-state index in [9.17, 15) is 4.79 Å². The van der Waals surface area contributed by atoms with Crippen LogP contribution in [0, 0.1) is 11.8 Å². The molecule has 2 heteroatoms. The van der Waals surface area contributed by atoms with Crippen molar-refractivity contribution in [3.05, 3.63) is 29.3 Å². The third-order valence-corrected chi connectivity index (χ3v) is 3.54. The Hall–Kier alpha value is -1.31. The highest BCUT2D eigenvalue weighted by Crippen LogP contribution is 2.25. The molecule has 1 unspecified atom stereocenters. The average molecular weight is 245 g/mol. The van der Waals surface area contributed by atoms with E-state index in [4.69, 9.17) is 0 Å².